The van der Waals surface area contributed by atoms with E-state index in [0.717, 1.165) is 72.2 Å². The van der Waals surface area contributed by atoms with Crippen LogP contribution >= 0.6 is 0 Å². The summed E-state index contributed by atoms with van der Waals surface area (Å²) in [6.45, 7) is 4.24. The highest BCUT2D eigenvalue weighted by molar-refractivity contribution is 6.47. The number of aliphatic imine (C=N–C) groups is 2. The van der Waals surface area contributed by atoms with E-state index in [9.17, 15) is 9.59 Å². The molecule has 0 N–H and O–H groups in total. The molecule has 0 bridgehead atoms. The zero-order chi connectivity index (χ0) is 25.1. The lowest BCUT2D eigenvalue weighted by Gasteiger charge is -2.09. The molecule has 0 saturated carbocycles. The Morgan fingerprint density at radius 2 is 1.23 bits per heavy atom. The van der Waals surface area contributed by atoms with Crippen molar-refractivity contribution in [3.63, 3.8) is 0 Å². The lowest BCUT2D eigenvalue weighted by atomic mass is 10.0. The maximum atomic E-state index is 10.7. The Morgan fingerprint density at radius 3 is 1.74 bits per heavy atom. The third kappa shape index (κ3) is 11.2. The van der Waals surface area contributed by atoms with Crippen LogP contribution in [0.1, 0.15) is 82.8 Å². The Bertz CT molecular complexity index is 970. The van der Waals surface area contributed by atoms with Crippen molar-refractivity contribution in [2.24, 2.45) is 9.98 Å². The summed E-state index contributed by atoms with van der Waals surface area (Å²) in [5.41, 5.74) is 5.94. The Hall–Kier alpha value is -3.14. The van der Waals surface area contributed by atoms with Crippen molar-refractivity contribution < 1.29 is 9.59 Å². The molecule has 2 aromatic rings. The van der Waals surface area contributed by atoms with Crippen molar-refractivity contribution >= 4 is 35.4 Å². The summed E-state index contributed by atoms with van der Waals surface area (Å²) >= 11 is 0. The molecule has 4 heteroatoms. The number of benzene rings is 2. The summed E-state index contributed by atoms with van der Waals surface area (Å²) in [5.74, 6) is 0. The van der Waals surface area contributed by atoms with Crippen LogP contribution in [0.3, 0.4) is 0 Å². The Balaban J connectivity index is 2.27. The van der Waals surface area contributed by atoms with Gasteiger partial charge >= 0.3 is 0 Å². The summed E-state index contributed by atoms with van der Waals surface area (Å²) in [6, 6.07) is 16.2. The van der Waals surface area contributed by atoms with Crippen LogP contribution in [0.5, 0.6) is 0 Å². The topological polar surface area (TPSA) is 58.9 Å². The quantitative estimate of drug-likeness (QED) is 0.133. The van der Waals surface area contributed by atoms with E-state index in [1.165, 1.54) is 32.1 Å². The molecule has 35 heavy (non-hydrogen) atoms. The maximum absolute atomic E-state index is 10.7. The molecule has 0 unspecified atom stereocenters. The van der Waals surface area contributed by atoms with Crippen LogP contribution in [0.15, 0.2) is 70.7 Å². The van der Waals surface area contributed by atoms with Gasteiger partial charge in [0.25, 0.3) is 0 Å². The van der Waals surface area contributed by atoms with Crippen LogP contribution in [-0.2, 0) is 22.4 Å². The van der Waals surface area contributed by atoms with E-state index in [1.807, 2.05) is 55.5 Å². The fourth-order valence-corrected chi connectivity index (χ4v) is 3.89. The van der Waals surface area contributed by atoms with Crippen LogP contribution in [0.4, 0.5) is 11.4 Å². The minimum Gasteiger partial charge on any atom is -0.303 e. The molecule has 2 rings (SSSR count). The van der Waals surface area contributed by atoms with E-state index in [-0.39, 0.29) is 0 Å². The Labute approximate surface area is 211 Å². The highest BCUT2D eigenvalue weighted by Crippen LogP contribution is 2.20. The number of carbonyl (C=O) groups excluding carboxylic acids is 2. The number of rotatable bonds is 17. The molecule has 0 amide bonds. The Morgan fingerprint density at radius 1 is 0.714 bits per heavy atom. The van der Waals surface area contributed by atoms with Gasteiger partial charge in [-0.15, -0.1) is 0 Å². The van der Waals surface area contributed by atoms with Gasteiger partial charge in [-0.1, -0.05) is 69.4 Å². The fourth-order valence-electron chi connectivity index (χ4n) is 3.89. The molecular weight excluding hydrogens is 432 g/mol. The molecule has 186 valence electrons. The Kier molecular flexibility index (Phi) is 13.9. The minimum absolute atomic E-state index is 0.537. The first-order valence-electron chi connectivity index (χ1n) is 13.0. The summed E-state index contributed by atoms with van der Waals surface area (Å²) < 4.78 is 0. The molecule has 0 aliphatic carbocycles. The van der Waals surface area contributed by atoms with Gasteiger partial charge in [-0.25, -0.2) is 4.99 Å². The third-order valence-corrected chi connectivity index (χ3v) is 5.88. The molecule has 0 radical (unpaired) electrons. The SMILES string of the molecule is C/C=C/C(=Nc1ccc(CCC=O)cc1)C(CCCCCCCC)=Nc1ccc(CCC=O)cc1. The van der Waals surface area contributed by atoms with E-state index < -0.39 is 0 Å². The number of carbonyl (C=O) groups is 2. The summed E-state index contributed by atoms with van der Waals surface area (Å²) in [4.78, 5) is 31.3. The number of aryl methyl sites for hydroxylation is 2. The highest BCUT2D eigenvalue weighted by atomic mass is 16.1. The summed E-state index contributed by atoms with van der Waals surface area (Å²) in [6.07, 6.45) is 16.8. The molecule has 0 spiro atoms. The van der Waals surface area contributed by atoms with Gasteiger partial charge in [-0.3, -0.25) is 4.99 Å². The lowest BCUT2D eigenvalue weighted by Crippen LogP contribution is -2.12. The summed E-state index contributed by atoms with van der Waals surface area (Å²) in [5, 5.41) is 0. The van der Waals surface area contributed by atoms with Gasteiger partial charge in [-0.2, -0.15) is 0 Å². The van der Waals surface area contributed by atoms with Crippen molar-refractivity contribution in [2.45, 2.75) is 84.5 Å². The standard InChI is InChI=1S/C31H40N2O2/c1-3-5-6-7-8-9-15-31(33-29-22-18-27(19-23-29)14-11-25-35)30(12-4-2)32-28-20-16-26(17-21-28)13-10-24-34/h4,12,16-25H,3,5-11,13-15H2,1-2H3/b12-4+,32-30?,33-31?. The number of hydrogen-bond acceptors (Lipinski definition) is 4. The highest BCUT2D eigenvalue weighted by Gasteiger charge is 2.08. The number of nitrogens with zero attached hydrogens (tertiary/aromatic N) is 2. The molecule has 0 aromatic heterocycles. The van der Waals surface area contributed by atoms with Gasteiger partial charge in [0, 0.05) is 12.8 Å². The predicted molar refractivity (Wildman–Crippen MR) is 149 cm³/mol. The van der Waals surface area contributed by atoms with Crippen molar-refractivity contribution in [1.29, 1.82) is 0 Å². The van der Waals surface area contributed by atoms with Gasteiger partial charge in [0.15, 0.2) is 0 Å². The van der Waals surface area contributed by atoms with E-state index in [4.69, 9.17) is 9.98 Å². The first kappa shape index (κ1) is 28.1. The van der Waals surface area contributed by atoms with Crippen LogP contribution in [0.25, 0.3) is 0 Å². The van der Waals surface area contributed by atoms with Crippen LogP contribution < -0.4 is 0 Å². The van der Waals surface area contributed by atoms with E-state index >= 15 is 0 Å². The predicted octanol–water partition coefficient (Wildman–Crippen LogP) is 8.12. The molecule has 0 atom stereocenters. The normalized spacial score (nSPS) is 12.3. The molecule has 0 saturated heterocycles. The number of hydrogen-bond donors (Lipinski definition) is 0. The fraction of sp³-hybridized carbons (Fsp3) is 0.419. The van der Waals surface area contributed by atoms with Crippen LogP contribution in [0, 0.1) is 0 Å². The second-order valence-electron chi connectivity index (χ2n) is 8.82. The van der Waals surface area contributed by atoms with E-state index in [0.29, 0.717) is 12.8 Å². The first-order chi connectivity index (χ1) is 17.2. The smallest absolute Gasteiger partial charge is 0.120 e. The van der Waals surface area contributed by atoms with Gasteiger partial charge in [0.2, 0.25) is 0 Å². The number of allylic oxidation sites excluding steroid dienone is 2. The van der Waals surface area contributed by atoms with Crippen LogP contribution in [0.2, 0.25) is 0 Å². The second-order valence-corrected chi connectivity index (χ2v) is 8.82. The van der Waals surface area contributed by atoms with Gasteiger partial charge in [0.05, 0.1) is 22.8 Å². The molecule has 0 aliphatic rings. The molecule has 0 fully saturated rings. The van der Waals surface area contributed by atoms with Gasteiger partial charge in [-0.05, 0) is 74.1 Å². The monoisotopic (exact) mass is 472 g/mol. The largest absolute Gasteiger partial charge is 0.303 e. The van der Waals surface area contributed by atoms with Crippen molar-refractivity contribution in [3.8, 4) is 0 Å². The summed E-state index contributed by atoms with van der Waals surface area (Å²) in [7, 11) is 0. The zero-order valence-corrected chi connectivity index (χ0v) is 21.4. The van der Waals surface area contributed by atoms with Crippen LogP contribution in [-0.4, -0.2) is 24.0 Å². The van der Waals surface area contributed by atoms with Crippen molar-refractivity contribution in [1.82, 2.24) is 0 Å². The second kappa shape index (κ2) is 17.3. The van der Waals surface area contributed by atoms with Crippen molar-refractivity contribution in [2.75, 3.05) is 0 Å². The van der Waals surface area contributed by atoms with E-state index in [2.05, 4.69) is 19.1 Å². The molecule has 4 nitrogen and oxygen atoms in total. The molecule has 0 aliphatic heterocycles. The number of unbranched alkanes of at least 4 members (excludes halogenated alkanes) is 5. The van der Waals surface area contributed by atoms with E-state index in [1.54, 1.807) is 0 Å². The minimum atomic E-state index is 0.537. The lowest BCUT2D eigenvalue weighted by molar-refractivity contribution is -0.108. The maximum Gasteiger partial charge on any atom is 0.120 e. The first-order valence-corrected chi connectivity index (χ1v) is 13.0. The molecule has 0 heterocycles. The zero-order valence-electron chi connectivity index (χ0n) is 21.4. The van der Waals surface area contributed by atoms with Gasteiger partial charge in [0.1, 0.15) is 12.6 Å². The molecule has 2 aromatic carbocycles. The third-order valence-electron chi connectivity index (χ3n) is 5.88. The number of aldehydes is 2. The van der Waals surface area contributed by atoms with Crippen molar-refractivity contribution in [3.05, 3.63) is 71.8 Å². The van der Waals surface area contributed by atoms with Gasteiger partial charge < -0.3 is 9.59 Å². The molecular formula is C31H40N2O2. The average molecular weight is 473 g/mol. The average Bonchev–Trinajstić information content (AvgIpc) is 2.89.